The molecular formula is C13H15BrClN3O. The van der Waals surface area contributed by atoms with E-state index in [1.807, 2.05) is 20.0 Å². The van der Waals surface area contributed by atoms with Gasteiger partial charge in [-0.05, 0) is 28.4 Å². The number of aliphatic hydroxyl groups is 1. The van der Waals surface area contributed by atoms with Crippen molar-refractivity contribution < 1.29 is 5.11 Å². The lowest BCUT2D eigenvalue weighted by molar-refractivity contribution is 0.175. The van der Waals surface area contributed by atoms with Gasteiger partial charge in [-0.2, -0.15) is 5.10 Å². The van der Waals surface area contributed by atoms with Gasteiger partial charge in [-0.1, -0.05) is 18.5 Å². The average Bonchev–Trinajstić information content (AvgIpc) is 2.66. The van der Waals surface area contributed by atoms with Gasteiger partial charge < -0.3 is 5.11 Å². The molecule has 2 aromatic heterocycles. The Morgan fingerprint density at radius 1 is 1.47 bits per heavy atom. The zero-order valence-electron chi connectivity index (χ0n) is 10.8. The fourth-order valence-electron chi connectivity index (χ4n) is 1.95. The Morgan fingerprint density at radius 2 is 2.21 bits per heavy atom. The van der Waals surface area contributed by atoms with Gasteiger partial charge in [0.2, 0.25) is 0 Å². The highest BCUT2D eigenvalue weighted by Gasteiger charge is 2.18. The number of aliphatic hydroxyl groups excluding tert-OH is 1. The molecule has 19 heavy (non-hydrogen) atoms. The van der Waals surface area contributed by atoms with Gasteiger partial charge in [0.05, 0.1) is 22.5 Å². The summed E-state index contributed by atoms with van der Waals surface area (Å²) < 4.78 is 2.57. The highest BCUT2D eigenvalue weighted by molar-refractivity contribution is 9.10. The van der Waals surface area contributed by atoms with Crippen LogP contribution in [0.4, 0.5) is 0 Å². The average molecular weight is 345 g/mol. The van der Waals surface area contributed by atoms with Crippen molar-refractivity contribution >= 4 is 27.5 Å². The van der Waals surface area contributed by atoms with Crippen LogP contribution in [0, 0.1) is 0 Å². The zero-order valence-corrected chi connectivity index (χ0v) is 13.1. The Balaban J connectivity index is 2.24. The summed E-state index contributed by atoms with van der Waals surface area (Å²) in [4.78, 5) is 4.05. The molecule has 2 rings (SSSR count). The first-order valence-corrected chi connectivity index (χ1v) is 7.18. The zero-order chi connectivity index (χ0) is 14.0. The van der Waals surface area contributed by atoms with Crippen molar-refractivity contribution in [1.82, 2.24) is 14.8 Å². The third kappa shape index (κ3) is 3.16. The molecular weight excluding hydrogens is 330 g/mol. The lowest BCUT2D eigenvalue weighted by atomic mass is 10.1. The molecule has 0 aliphatic heterocycles. The fourth-order valence-corrected chi connectivity index (χ4v) is 2.71. The monoisotopic (exact) mass is 343 g/mol. The van der Waals surface area contributed by atoms with Crippen LogP contribution in [0.25, 0.3) is 0 Å². The van der Waals surface area contributed by atoms with E-state index in [4.69, 9.17) is 11.6 Å². The van der Waals surface area contributed by atoms with E-state index < -0.39 is 6.10 Å². The third-order valence-electron chi connectivity index (χ3n) is 3.00. The van der Waals surface area contributed by atoms with E-state index in [0.29, 0.717) is 11.4 Å². The minimum atomic E-state index is -0.650. The normalized spacial score (nSPS) is 12.7. The van der Waals surface area contributed by atoms with E-state index in [-0.39, 0.29) is 0 Å². The smallest absolute Gasteiger partial charge is 0.0861 e. The second-order valence-corrected chi connectivity index (χ2v) is 5.63. The van der Waals surface area contributed by atoms with Crippen LogP contribution in [0.2, 0.25) is 5.02 Å². The van der Waals surface area contributed by atoms with Gasteiger partial charge in [0, 0.05) is 35.9 Å². The molecule has 6 heteroatoms. The summed E-state index contributed by atoms with van der Waals surface area (Å²) in [7, 11) is 1.84. The largest absolute Gasteiger partial charge is 0.388 e. The summed E-state index contributed by atoms with van der Waals surface area (Å²) >= 11 is 9.62. The minimum absolute atomic E-state index is 0.417. The number of halogens is 2. The van der Waals surface area contributed by atoms with E-state index in [2.05, 4.69) is 26.0 Å². The first-order valence-electron chi connectivity index (χ1n) is 6.01. The van der Waals surface area contributed by atoms with Crippen LogP contribution in [0.1, 0.15) is 30.0 Å². The standard InChI is InChI=1S/C13H15BrClN3O/c1-3-10-13(15)11(18(2)17-10)5-12(19)8-4-9(14)7-16-6-8/h4,6-7,12,19H,3,5H2,1-2H3. The molecule has 0 spiro atoms. The maximum Gasteiger partial charge on any atom is 0.0861 e. The van der Waals surface area contributed by atoms with E-state index in [1.165, 1.54) is 0 Å². The highest BCUT2D eigenvalue weighted by atomic mass is 79.9. The summed E-state index contributed by atoms with van der Waals surface area (Å²) in [6.45, 7) is 2.01. The summed E-state index contributed by atoms with van der Waals surface area (Å²) in [6, 6.07) is 1.85. The number of hydrogen-bond donors (Lipinski definition) is 1. The molecule has 0 aromatic carbocycles. The Kier molecular flexibility index (Phi) is 4.60. The molecule has 2 heterocycles. The molecule has 0 aliphatic carbocycles. The second-order valence-electron chi connectivity index (χ2n) is 4.34. The maximum atomic E-state index is 10.3. The van der Waals surface area contributed by atoms with Crippen molar-refractivity contribution in [2.24, 2.45) is 7.05 Å². The van der Waals surface area contributed by atoms with Crippen molar-refractivity contribution in [3.8, 4) is 0 Å². The van der Waals surface area contributed by atoms with Crippen molar-refractivity contribution in [3.63, 3.8) is 0 Å². The number of pyridine rings is 1. The number of hydrogen-bond acceptors (Lipinski definition) is 3. The lowest BCUT2D eigenvalue weighted by Crippen LogP contribution is -2.07. The van der Waals surface area contributed by atoms with Crippen molar-refractivity contribution in [3.05, 3.63) is 44.9 Å². The number of rotatable bonds is 4. The van der Waals surface area contributed by atoms with Crippen LogP contribution in [0.3, 0.4) is 0 Å². The molecule has 1 atom stereocenters. The van der Waals surface area contributed by atoms with E-state index in [0.717, 1.165) is 27.8 Å². The summed E-state index contributed by atoms with van der Waals surface area (Å²) in [5.74, 6) is 0. The van der Waals surface area contributed by atoms with E-state index in [9.17, 15) is 5.11 Å². The number of aromatic nitrogens is 3. The molecule has 1 N–H and O–H groups in total. The molecule has 4 nitrogen and oxygen atoms in total. The molecule has 0 saturated carbocycles. The van der Waals surface area contributed by atoms with E-state index in [1.54, 1.807) is 17.1 Å². The predicted octanol–water partition coefficient (Wildman–Crippen LogP) is 3.07. The predicted molar refractivity (Wildman–Crippen MR) is 78.2 cm³/mol. The van der Waals surface area contributed by atoms with Gasteiger partial charge in [0.25, 0.3) is 0 Å². The molecule has 0 fully saturated rings. The van der Waals surface area contributed by atoms with Crippen molar-refractivity contribution in [1.29, 1.82) is 0 Å². The molecule has 2 aromatic rings. The van der Waals surface area contributed by atoms with Gasteiger partial charge in [0.1, 0.15) is 0 Å². The molecule has 0 bridgehead atoms. The fraction of sp³-hybridized carbons (Fsp3) is 0.385. The van der Waals surface area contributed by atoms with Crippen LogP contribution in [-0.2, 0) is 19.9 Å². The second kappa shape index (κ2) is 6.03. The third-order valence-corrected chi connectivity index (χ3v) is 3.87. The Hall–Kier alpha value is -0.910. The van der Waals surface area contributed by atoms with Gasteiger partial charge >= 0.3 is 0 Å². The van der Waals surface area contributed by atoms with Crippen LogP contribution < -0.4 is 0 Å². The molecule has 0 saturated heterocycles. The molecule has 1 unspecified atom stereocenters. The summed E-state index contributed by atoms with van der Waals surface area (Å²) in [5, 5.41) is 15.3. The van der Waals surface area contributed by atoms with Gasteiger partial charge in [0.15, 0.2) is 0 Å². The maximum absolute atomic E-state index is 10.3. The van der Waals surface area contributed by atoms with Crippen LogP contribution in [0.15, 0.2) is 22.9 Å². The minimum Gasteiger partial charge on any atom is -0.388 e. The van der Waals surface area contributed by atoms with E-state index >= 15 is 0 Å². The molecule has 0 aliphatic rings. The first kappa shape index (κ1) is 14.5. The molecule has 102 valence electrons. The SMILES string of the molecule is CCc1nn(C)c(CC(O)c2cncc(Br)c2)c1Cl. The van der Waals surface area contributed by atoms with Gasteiger partial charge in [-0.25, -0.2) is 0 Å². The van der Waals surface area contributed by atoms with Crippen molar-refractivity contribution in [2.45, 2.75) is 25.9 Å². The quantitative estimate of drug-likeness (QED) is 0.927. The molecule has 0 amide bonds. The number of nitrogens with zero attached hydrogens (tertiary/aromatic N) is 3. The lowest BCUT2D eigenvalue weighted by Gasteiger charge is -2.11. The van der Waals surface area contributed by atoms with Gasteiger partial charge in [-0.3, -0.25) is 9.67 Å². The van der Waals surface area contributed by atoms with Gasteiger partial charge in [-0.15, -0.1) is 0 Å². The summed E-state index contributed by atoms with van der Waals surface area (Å²) in [5.41, 5.74) is 2.45. The topological polar surface area (TPSA) is 50.9 Å². The van der Waals surface area contributed by atoms with Crippen LogP contribution >= 0.6 is 27.5 Å². The Morgan fingerprint density at radius 3 is 2.79 bits per heavy atom. The van der Waals surface area contributed by atoms with Crippen molar-refractivity contribution in [2.75, 3.05) is 0 Å². The Labute approximate surface area is 125 Å². The Bertz CT molecular complexity index is 585. The van der Waals surface area contributed by atoms with Crippen LogP contribution in [0.5, 0.6) is 0 Å². The molecule has 0 radical (unpaired) electrons. The van der Waals surface area contributed by atoms with Crippen LogP contribution in [-0.4, -0.2) is 19.9 Å². The highest BCUT2D eigenvalue weighted by Crippen LogP contribution is 2.26. The number of aryl methyl sites for hydroxylation is 2. The summed E-state index contributed by atoms with van der Waals surface area (Å²) in [6.07, 6.45) is 3.88. The first-order chi connectivity index (χ1) is 9.02.